The molecule has 0 bridgehead atoms. The van der Waals surface area contributed by atoms with E-state index in [0.29, 0.717) is 38.6 Å². The number of hydrogen-bond acceptors (Lipinski definition) is 5. The van der Waals surface area contributed by atoms with Gasteiger partial charge in [0.25, 0.3) is 0 Å². The van der Waals surface area contributed by atoms with E-state index >= 15 is 0 Å². The van der Waals surface area contributed by atoms with Crippen molar-refractivity contribution < 1.29 is 23.7 Å². The molecule has 0 radical (unpaired) electrons. The van der Waals surface area contributed by atoms with Crippen molar-refractivity contribution >= 4 is 36.6 Å². The molecular weight excluding hydrogens is 463 g/mol. The van der Waals surface area contributed by atoms with Crippen molar-refractivity contribution in [3.8, 4) is 11.5 Å². The van der Waals surface area contributed by atoms with E-state index in [9.17, 15) is 4.79 Å². The van der Waals surface area contributed by atoms with Gasteiger partial charge in [-0.25, -0.2) is 4.79 Å². The molecule has 0 aliphatic carbocycles. The van der Waals surface area contributed by atoms with Crippen LogP contribution < -0.4 is 0 Å². The summed E-state index contributed by atoms with van der Waals surface area (Å²) in [6.07, 6.45) is 0. The van der Waals surface area contributed by atoms with Crippen molar-refractivity contribution in [3.05, 3.63) is 32.9 Å². The van der Waals surface area contributed by atoms with Gasteiger partial charge in [-0.15, -0.1) is 5.54 Å². The predicted octanol–water partition coefficient (Wildman–Crippen LogP) is 3.36. The molecule has 1 aromatic carbocycles. The lowest BCUT2D eigenvalue weighted by Gasteiger charge is -2.08. The number of ether oxygens (including phenoxy) is 4. The van der Waals surface area contributed by atoms with Crippen molar-refractivity contribution in [1.29, 1.82) is 0 Å². The highest BCUT2D eigenvalue weighted by Gasteiger charge is 2.10. The summed E-state index contributed by atoms with van der Waals surface area (Å²) in [6, 6.07) is 5.55. The van der Waals surface area contributed by atoms with E-state index in [1.807, 2.05) is 6.07 Å². The zero-order chi connectivity index (χ0) is 19.4. The standard InChI is InChI=1S/C19H27IO5Si/c1-22-6-7-23-8-9-24-10-11-25-19(21)17-13-16(14-18(20)15-17)5-12-26(2,3)4/h13-15H,6-11H2,1-4H3. The fraction of sp³-hybridized carbons (Fsp3) is 0.526. The molecule has 1 rings (SSSR count). The third-order valence-electron chi connectivity index (χ3n) is 2.98. The van der Waals surface area contributed by atoms with Crippen LogP contribution in [0.25, 0.3) is 0 Å². The Hall–Kier alpha value is -0.923. The maximum Gasteiger partial charge on any atom is 0.338 e. The molecule has 0 aliphatic rings. The number of methoxy groups -OCH3 is 1. The van der Waals surface area contributed by atoms with Crippen LogP contribution in [0.2, 0.25) is 19.6 Å². The Morgan fingerprint density at radius 3 is 2.23 bits per heavy atom. The van der Waals surface area contributed by atoms with Gasteiger partial charge in [-0.05, 0) is 40.8 Å². The van der Waals surface area contributed by atoms with Crippen molar-refractivity contribution in [2.24, 2.45) is 0 Å². The van der Waals surface area contributed by atoms with Crippen LogP contribution in [0.15, 0.2) is 18.2 Å². The van der Waals surface area contributed by atoms with E-state index in [-0.39, 0.29) is 12.6 Å². The number of rotatable bonds is 10. The lowest BCUT2D eigenvalue weighted by atomic mass is 10.1. The van der Waals surface area contributed by atoms with Gasteiger partial charge in [-0.1, -0.05) is 25.6 Å². The molecule has 0 aliphatic heterocycles. The van der Waals surface area contributed by atoms with Crippen LogP contribution in [0, 0.1) is 15.0 Å². The third-order valence-corrected chi connectivity index (χ3v) is 4.48. The summed E-state index contributed by atoms with van der Waals surface area (Å²) in [5.41, 5.74) is 4.67. The molecule has 0 amide bonds. The zero-order valence-electron chi connectivity index (χ0n) is 15.9. The first-order chi connectivity index (χ1) is 12.3. The molecule has 0 aromatic heterocycles. The number of benzene rings is 1. The average molecular weight is 490 g/mol. The van der Waals surface area contributed by atoms with Gasteiger partial charge in [0.05, 0.1) is 38.6 Å². The van der Waals surface area contributed by atoms with Gasteiger partial charge in [0.1, 0.15) is 14.7 Å². The summed E-state index contributed by atoms with van der Waals surface area (Å²) in [6.45, 7) is 9.17. The molecular formula is C19H27IO5Si. The molecule has 0 saturated carbocycles. The first-order valence-corrected chi connectivity index (χ1v) is 13.0. The van der Waals surface area contributed by atoms with E-state index in [1.165, 1.54) is 0 Å². The second-order valence-corrected chi connectivity index (χ2v) is 12.6. The summed E-state index contributed by atoms with van der Waals surface area (Å²) < 4.78 is 21.7. The third kappa shape index (κ3) is 10.9. The molecule has 1 aromatic rings. The second-order valence-electron chi connectivity index (χ2n) is 6.58. The Morgan fingerprint density at radius 2 is 1.62 bits per heavy atom. The highest BCUT2D eigenvalue weighted by Crippen LogP contribution is 2.13. The van der Waals surface area contributed by atoms with Crippen LogP contribution in [0.5, 0.6) is 0 Å². The van der Waals surface area contributed by atoms with Crippen molar-refractivity contribution in [3.63, 3.8) is 0 Å². The topological polar surface area (TPSA) is 54.0 Å². The van der Waals surface area contributed by atoms with E-state index in [1.54, 1.807) is 19.2 Å². The number of esters is 1. The monoisotopic (exact) mass is 490 g/mol. The number of carbonyl (C=O) groups is 1. The quantitative estimate of drug-likeness (QED) is 0.166. The van der Waals surface area contributed by atoms with Crippen LogP contribution in [0.1, 0.15) is 15.9 Å². The zero-order valence-corrected chi connectivity index (χ0v) is 19.1. The summed E-state index contributed by atoms with van der Waals surface area (Å²) in [5.74, 6) is 2.82. The fourth-order valence-electron chi connectivity index (χ4n) is 1.78. The molecule has 7 heteroatoms. The van der Waals surface area contributed by atoms with Crippen LogP contribution in [-0.4, -0.2) is 60.8 Å². The lowest BCUT2D eigenvalue weighted by Crippen LogP contribution is -2.16. The molecule has 0 heterocycles. The Bertz CT molecular complexity index is 631. The van der Waals surface area contributed by atoms with Gasteiger partial charge in [-0.3, -0.25) is 0 Å². The van der Waals surface area contributed by atoms with E-state index in [2.05, 4.69) is 53.7 Å². The maximum absolute atomic E-state index is 12.2. The Balaban J connectivity index is 2.40. The predicted molar refractivity (Wildman–Crippen MR) is 113 cm³/mol. The minimum absolute atomic E-state index is 0.207. The van der Waals surface area contributed by atoms with Gasteiger partial charge in [0.2, 0.25) is 0 Å². The normalized spacial score (nSPS) is 11.0. The Morgan fingerprint density at radius 1 is 1.00 bits per heavy atom. The molecule has 0 spiro atoms. The van der Waals surface area contributed by atoms with Gasteiger partial charge < -0.3 is 18.9 Å². The maximum atomic E-state index is 12.2. The highest BCUT2D eigenvalue weighted by atomic mass is 127. The minimum Gasteiger partial charge on any atom is -0.460 e. The van der Waals surface area contributed by atoms with Crippen LogP contribution >= 0.6 is 22.6 Å². The molecule has 0 unspecified atom stereocenters. The SMILES string of the molecule is COCCOCCOCCOC(=O)c1cc(I)cc(C#C[Si](C)(C)C)c1. The first-order valence-electron chi connectivity index (χ1n) is 8.47. The highest BCUT2D eigenvalue weighted by molar-refractivity contribution is 14.1. The minimum atomic E-state index is -1.46. The fourth-order valence-corrected chi connectivity index (χ4v) is 2.97. The van der Waals surface area contributed by atoms with E-state index < -0.39 is 8.07 Å². The molecule has 144 valence electrons. The molecule has 0 fully saturated rings. The first kappa shape index (κ1) is 23.1. The van der Waals surface area contributed by atoms with Crippen LogP contribution in [0.3, 0.4) is 0 Å². The Kier molecular flexibility index (Phi) is 11.1. The second kappa shape index (κ2) is 12.5. The largest absolute Gasteiger partial charge is 0.460 e. The molecule has 0 saturated heterocycles. The number of carbonyl (C=O) groups excluding carboxylic acids is 1. The molecule has 5 nitrogen and oxygen atoms in total. The molecule has 26 heavy (non-hydrogen) atoms. The molecule has 0 atom stereocenters. The number of halogens is 1. The van der Waals surface area contributed by atoms with E-state index in [4.69, 9.17) is 18.9 Å². The van der Waals surface area contributed by atoms with E-state index in [0.717, 1.165) is 9.13 Å². The molecule has 0 N–H and O–H groups in total. The Labute approximate surface area is 170 Å². The van der Waals surface area contributed by atoms with Crippen molar-refractivity contribution in [1.82, 2.24) is 0 Å². The van der Waals surface area contributed by atoms with Gasteiger partial charge >= 0.3 is 5.97 Å². The van der Waals surface area contributed by atoms with Crippen LogP contribution in [0.4, 0.5) is 0 Å². The van der Waals surface area contributed by atoms with Gasteiger partial charge in [-0.2, -0.15) is 0 Å². The van der Waals surface area contributed by atoms with Gasteiger partial charge in [0, 0.05) is 16.2 Å². The van der Waals surface area contributed by atoms with Crippen LogP contribution in [-0.2, 0) is 18.9 Å². The summed E-state index contributed by atoms with van der Waals surface area (Å²) in [7, 11) is 0.169. The number of hydrogen-bond donors (Lipinski definition) is 0. The lowest BCUT2D eigenvalue weighted by molar-refractivity contribution is 0.00570. The summed E-state index contributed by atoms with van der Waals surface area (Å²) >= 11 is 2.18. The smallest absolute Gasteiger partial charge is 0.338 e. The van der Waals surface area contributed by atoms with Crippen molar-refractivity contribution in [2.75, 3.05) is 46.8 Å². The summed E-state index contributed by atoms with van der Waals surface area (Å²) in [4.78, 5) is 12.2. The van der Waals surface area contributed by atoms with Gasteiger partial charge in [0.15, 0.2) is 0 Å². The van der Waals surface area contributed by atoms with Crippen molar-refractivity contribution in [2.45, 2.75) is 19.6 Å². The average Bonchev–Trinajstić information content (AvgIpc) is 2.57. The summed E-state index contributed by atoms with van der Waals surface area (Å²) in [5, 5.41) is 0.